The zero-order chi connectivity index (χ0) is 21.6. The van der Waals surface area contributed by atoms with E-state index in [1.807, 2.05) is 91.9 Å². The molecule has 0 aromatic heterocycles. The Morgan fingerprint density at radius 3 is 2.39 bits per heavy atom. The molecule has 1 saturated heterocycles. The van der Waals surface area contributed by atoms with E-state index in [-0.39, 0.29) is 5.91 Å². The van der Waals surface area contributed by atoms with Crippen molar-refractivity contribution in [1.82, 2.24) is 0 Å². The molecule has 6 heteroatoms. The van der Waals surface area contributed by atoms with Crippen LogP contribution in [0.4, 0.5) is 5.69 Å². The van der Waals surface area contributed by atoms with Crippen molar-refractivity contribution in [2.45, 2.75) is 13.5 Å². The molecule has 1 amide bonds. The van der Waals surface area contributed by atoms with Crippen LogP contribution in [0.2, 0.25) is 0 Å². The number of amides is 1. The van der Waals surface area contributed by atoms with E-state index >= 15 is 0 Å². The first-order chi connectivity index (χ1) is 15.2. The maximum atomic E-state index is 13.1. The summed E-state index contributed by atoms with van der Waals surface area (Å²) in [4.78, 5) is 15.2. The van der Waals surface area contributed by atoms with Crippen molar-refractivity contribution in [3.63, 3.8) is 0 Å². The molecule has 1 fully saturated rings. The minimum absolute atomic E-state index is 0.142. The second-order valence-electron chi connectivity index (χ2n) is 6.76. The molecule has 1 heterocycles. The summed E-state index contributed by atoms with van der Waals surface area (Å²) < 4.78 is 12.0. The quantitative estimate of drug-likeness (QED) is 0.325. The molecule has 0 N–H and O–H groups in total. The maximum Gasteiger partial charge on any atom is 0.270 e. The van der Waals surface area contributed by atoms with E-state index in [1.165, 1.54) is 11.8 Å². The van der Waals surface area contributed by atoms with Crippen molar-refractivity contribution in [3.8, 4) is 11.5 Å². The summed E-state index contributed by atoms with van der Waals surface area (Å²) in [5.74, 6) is 1.34. The molecule has 0 saturated carbocycles. The molecule has 3 aromatic rings. The standard InChI is InChI=1S/C25H21NO3S2/c1-2-28-21-14-12-20(13-15-21)26-24(27)23(31-25(26)30)16-19-10-6-7-11-22(19)29-17-18-8-4-3-5-9-18/h3-16H,2,17H2,1H3/b23-16-. The van der Waals surface area contributed by atoms with E-state index in [4.69, 9.17) is 21.7 Å². The molecule has 0 bridgehead atoms. The second kappa shape index (κ2) is 9.81. The fourth-order valence-electron chi connectivity index (χ4n) is 3.16. The van der Waals surface area contributed by atoms with Crippen LogP contribution in [-0.2, 0) is 11.4 Å². The smallest absolute Gasteiger partial charge is 0.270 e. The molecule has 0 spiro atoms. The highest BCUT2D eigenvalue weighted by atomic mass is 32.2. The SMILES string of the molecule is CCOc1ccc(N2C(=O)/C(=C/c3ccccc3OCc3ccccc3)SC2=S)cc1. The average Bonchev–Trinajstić information content (AvgIpc) is 3.07. The molecule has 156 valence electrons. The number of thioether (sulfide) groups is 1. The van der Waals surface area contributed by atoms with Gasteiger partial charge in [0.25, 0.3) is 5.91 Å². The molecule has 31 heavy (non-hydrogen) atoms. The van der Waals surface area contributed by atoms with Gasteiger partial charge in [0.2, 0.25) is 0 Å². The lowest BCUT2D eigenvalue weighted by atomic mass is 10.1. The lowest BCUT2D eigenvalue weighted by Gasteiger charge is -2.15. The molecule has 1 aliphatic rings. The highest BCUT2D eigenvalue weighted by Gasteiger charge is 2.33. The lowest BCUT2D eigenvalue weighted by molar-refractivity contribution is -0.113. The fourth-order valence-corrected chi connectivity index (χ4v) is 4.45. The predicted octanol–water partition coefficient (Wildman–Crippen LogP) is 6.07. The van der Waals surface area contributed by atoms with Crippen molar-refractivity contribution in [2.75, 3.05) is 11.5 Å². The van der Waals surface area contributed by atoms with Crippen LogP contribution in [0.1, 0.15) is 18.1 Å². The minimum atomic E-state index is -0.142. The number of hydrogen-bond acceptors (Lipinski definition) is 5. The number of carbonyl (C=O) groups is 1. The van der Waals surface area contributed by atoms with Crippen LogP contribution < -0.4 is 14.4 Å². The highest BCUT2D eigenvalue weighted by molar-refractivity contribution is 8.27. The number of hydrogen-bond donors (Lipinski definition) is 0. The molecule has 4 nitrogen and oxygen atoms in total. The first-order valence-corrected chi connectivity index (χ1v) is 11.1. The van der Waals surface area contributed by atoms with Gasteiger partial charge >= 0.3 is 0 Å². The van der Waals surface area contributed by atoms with Gasteiger partial charge in [-0.2, -0.15) is 0 Å². The van der Waals surface area contributed by atoms with Gasteiger partial charge in [0.15, 0.2) is 4.32 Å². The number of nitrogens with zero attached hydrogens (tertiary/aromatic N) is 1. The summed E-state index contributed by atoms with van der Waals surface area (Å²) in [6, 6.07) is 25.0. The monoisotopic (exact) mass is 447 g/mol. The summed E-state index contributed by atoms with van der Waals surface area (Å²) >= 11 is 6.78. The van der Waals surface area contributed by atoms with Gasteiger partial charge in [-0.05, 0) is 48.9 Å². The Bertz CT molecular complexity index is 1110. The van der Waals surface area contributed by atoms with Gasteiger partial charge in [0.05, 0.1) is 17.2 Å². The number of ether oxygens (including phenoxy) is 2. The summed E-state index contributed by atoms with van der Waals surface area (Å²) in [5.41, 5.74) is 2.65. The van der Waals surface area contributed by atoms with Crippen LogP contribution in [0.15, 0.2) is 83.8 Å². The Kier molecular flexibility index (Phi) is 6.70. The van der Waals surface area contributed by atoms with Gasteiger partial charge in [-0.1, -0.05) is 72.5 Å². The van der Waals surface area contributed by atoms with Gasteiger partial charge in [0.1, 0.15) is 18.1 Å². The van der Waals surface area contributed by atoms with Crippen LogP contribution in [0, 0.1) is 0 Å². The zero-order valence-corrected chi connectivity index (χ0v) is 18.6. The van der Waals surface area contributed by atoms with Crippen LogP contribution in [0.5, 0.6) is 11.5 Å². The summed E-state index contributed by atoms with van der Waals surface area (Å²) in [6.07, 6.45) is 1.84. The van der Waals surface area contributed by atoms with Crippen molar-refractivity contribution >= 4 is 46.0 Å². The number of carbonyl (C=O) groups excluding carboxylic acids is 1. The van der Waals surface area contributed by atoms with Crippen molar-refractivity contribution in [2.24, 2.45) is 0 Å². The zero-order valence-electron chi connectivity index (χ0n) is 17.0. The van der Waals surface area contributed by atoms with Gasteiger partial charge in [-0.3, -0.25) is 9.69 Å². The third kappa shape index (κ3) is 4.98. The molecule has 0 aliphatic carbocycles. The van der Waals surface area contributed by atoms with Crippen LogP contribution >= 0.6 is 24.0 Å². The first-order valence-electron chi connectivity index (χ1n) is 9.92. The van der Waals surface area contributed by atoms with E-state index in [2.05, 4.69) is 0 Å². The van der Waals surface area contributed by atoms with Crippen molar-refractivity contribution in [3.05, 3.63) is 94.9 Å². The van der Waals surface area contributed by atoms with E-state index in [1.54, 1.807) is 4.90 Å². The first kappa shape index (κ1) is 21.2. The third-order valence-electron chi connectivity index (χ3n) is 4.64. The molecule has 0 atom stereocenters. The molecular weight excluding hydrogens is 426 g/mol. The second-order valence-corrected chi connectivity index (χ2v) is 8.43. The number of rotatable bonds is 7. The van der Waals surface area contributed by atoms with Crippen LogP contribution in [0.3, 0.4) is 0 Å². The predicted molar refractivity (Wildman–Crippen MR) is 130 cm³/mol. The van der Waals surface area contributed by atoms with Gasteiger partial charge < -0.3 is 9.47 Å². The van der Waals surface area contributed by atoms with Crippen molar-refractivity contribution in [1.29, 1.82) is 0 Å². The molecule has 4 rings (SSSR count). The highest BCUT2D eigenvalue weighted by Crippen LogP contribution is 2.37. The van der Waals surface area contributed by atoms with E-state index < -0.39 is 0 Å². The van der Waals surface area contributed by atoms with E-state index in [0.717, 1.165) is 28.3 Å². The number of thiocarbonyl (C=S) groups is 1. The maximum absolute atomic E-state index is 13.1. The molecular formula is C25H21NO3S2. The summed E-state index contributed by atoms with van der Waals surface area (Å²) in [7, 11) is 0. The fraction of sp³-hybridized carbons (Fsp3) is 0.120. The third-order valence-corrected chi connectivity index (χ3v) is 5.94. The lowest BCUT2D eigenvalue weighted by Crippen LogP contribution is -2.27. The normalized spacial score (nSPS) is 14.9. The summed E-state index contributed by atoms with van der Waals surface area (Å²) in [5, 5.41) is 0. The van der Waals surface area contributed by atoms with Gasteiger partial charge in [-0.25, -0.2) is 0 Å². The number of para-hydroxylation sites is 1. The van der Waals surface area contributed by atoms with Gasteiger partial charge in [-0.15, -0.1) is 0 Å². The van der Waals surface area contributed by atoms with E-state index in [0.29, 0.717) is 22.4 Å². The van der Waals surface area contributed by atoms with Crippen LogP contribution in [0.25, 0.3) is 6.08 Å². The number of anilines is 1. The topological polar surface area (TPSA) is 38.8 Å². The average molecular weight is 448 g/mol. The van der Waals surface area contributed by atoms with Gasteiger partial charge in [0, 0.05) is 5.56 Å². The molecule has 0 unspecified atom stereocenters. The Morgan fingerprint density at radius 2 is 1.65 bits per heavy atom. The molecule has 3 aromatic carbocycles. The Morgan fingerprint density at radius 1 is 0.935 bits per heavy atom. The van der Waals surface area contributed by atoms with Crippen molar-refractivity contribution < 1.29 is 14.3 Å². The Hall–Kier alpha value is -3.09. The largest absolute Gasteiger partial charge is 0.494 e. The van der Waals surface area contributed by atoms with Crippen LogP contribution in [-0.4, -0.2) is 16.8 Å². The summed E-state index contributed by atoms with van der Waals surface area (Å²) in [6.45, 7) is 2.98. The Labute approximate surface area is 191 Å². The number of benzene rings is 3. The molecule has 1 aliphatic heterocycles. The molecule has 0 radical (unpaired) electrons. The Balaban J connectivity index is 1.54. The minimum Gasteiger partial charge on any atom is -0.494 e. The van der Waals surface area contributed by atoms with E-state index in [9.17, 15) is 4.79 Å².